The molecule has 0 aromatic carbocycles. The minimum absolute atomic E-state index is 0.422. The Hall–Kier alpha value is -1.36. The number of aromatic nitrogens is 2. The maximum atomic E-state index is 5.54. The standard InChI is InChI=1S/C11H19N5/c1-8-10(7-16(2)15-8)11(14-12)13-9-5-3-4-6-9/h7,9H,3-6,12H2,1-2H3,(H,13,14). The molecule has 1 aromatic rings. The van der Waals surface area contributed by atoms with E-state index in [4.69, 9.17) is 5.84 Å². The molecule has 16 heavy (non-hydrogen) atoms. The van der Waals surface area contributed by atoms with Crippen LogP contribution in [-0.4, -0.2) is 21.7 Å². The van der Waals surface area contributed by atoms with Crippen molar-refractivity contribution in [1.29, 1.82) is 0 Å². The van der Waals surface area contributed by atoms with Gasteiger partial charge in [-0.25, -0.2) is 5.84 Å². The SMILES string of the molecule is Cc1nn(C)cc1C(=NC1CCCC1)NN. The minimum Gasteiger partial charge on any atom is -0.308 e. The first-order chi connectivity index (χ1) is 7.70. The van der Waals surface area contributed by atoms with Crippen molar-refractivity contribution in [2.24, 2.45) is 17.9 Å². The molecule has 0 aliphatic heterocycles. The predicted octanol–water partition coefficient (Wildman–Crippen LogP) is 0.881. The van der Waals surface area contributed by atoms with Crippen molar-refractivity contribution in [3.05, 3.63) is 17.5 Å². The Morgan fingerprint density at radius 2 is 2.25 bits per heavy atom. The fourth-order valence-corrected chi connectivity index (χ4v) is 2.23. The molecule has 88 valence electrons. The Bertz CT molecular complexity index is 387. The normalized spacial score (nSPS) is 18.1. The maximum absolute atomic E-state index is 5.54. The fourth-order valence-electron chi connectivity index (χ4n) is 2.23. The van der Waals surface area contributed by atoms with Crippen LogP contribution in [0.15, 0.2) is 11.2 Å². The minimum atomic E-state index is 0.422. The molecule has 3 N–H and O–H groups in total. The Labute approximate surface area is 95.7 Å². The van der Waals surface area contributed by atoms with Gasteiger partial charge < -0.3 is 5.43 Å². The van der Waals surface area contributed by atoms with Crippen LogP contribution in [0.25, 0.3) is 0 Å². The number of amidine groups is 1. The summed E-state index contributed by atoms with van der Waals surface area (Å²) in [5.74, 6) is 6.30. The summed E-state index contributed by atoms with van der Waals surface area (Å²) in [6, 6.07) is 0.422. The van der Waals surface area contributed by atoms with Crippen LogP contribution in [0.2, 0.25) is 0 Å². The Balaban J connectivity index is 2.24. The largest absolute Gasteiger partial charge is 0.308 e. The van der Waals surface area contributed by atoms with Gasteiger partial charge in [0, 0.05) is 13.2 Å². The van der Waals surface area contributed by atoms with Crippen molar-refractivity contribution < 1.29 is 0 Å². The molecule has 1 aliphatic carbocycles. The van der Waals surface area contributed by atoms with E-state index in [0.717, 1.165) is 17.1 Å². The molecule has 5 nitrogen and oxygen atoms in total. The van der Waals surface area contributed by atoms with E-state index < -0.39 is 0 Å². The third-order valence-electron chi connectivity index (χ3n) is 3.04. The van der Waals surface area contributed by atoms with Crippen LogP contribution in [0, 0.1) is 6.92 Å². The van der Waals surface area contributed by atoms with E-state index in [2.05, 4.69) is 15.5 Å². The van der Waals surface area contributed by atoms with Crippen LogP contribution in [0.3, 0.4) is 0 Å². The highest BCUT2D eigenvalue weighted by Gasteiger charge is 2.16. The second-order valence-corrected chi connectivity index (χ2v) is 4.36. The zero-order valence-electron chi connectivity index (χ0n) is 9.90. The fraction of sp³-hybridized carbons (Fsp3) is 0.636. The van der Waals surface area contributed by atoms with Gasteiger partial charge in [0.2, 0.25) is 0 Å². The average molecular weight is 221 g/mol. The molecule has 5 heteroatoms. The Kier molecular flexibility index (Phi) is 3.24. The highest BCUT2D eigenvalue weighted by atomic mass is 15.3. The topological polar surface area (TPSA) is 68.2 Å². The van der Waals surface area contributed by atoms with Gasteiger partial charge in [0.1, 0.15) is 5.84 Å². The monoisotopic (exact) mass is 221 g/mol. The molecule has 0 saturated heterocycles. The van der Waals surface area contributed by atoms with Gasteiger partial charge in [-0.15, -0.1) is 0 Å². The second kappa shape index (κ2) is 4.65. The third kappa shape index (κ3) is 2.24. The van der Waals surface area contributed by atoms with Crippen LogP contribution >= 0.6 is 0 Å². The molecule has 0 unspecified atom stereocenters. The molecular weight excluding hydrogens is 202 g/mol. The lowest BCUT2D eigenvalue weighted by Crippen LogP contribution is -2.32. The summed E-state index contributed by atoms with van der Waals surface area (Å²) in [4.78, 5) is 4.67. The lowest BCUT2D eigenvalue weighted by Gasteiger charge is -2.08. The summed E-state index contributed by atoms with van der Waals surface area (Å²) >= 11 is 0. The van der Waals surface area contributed by atoms with E-state index in [9.17, 15) is 0 Å². The molecule has 1 aliphatic rings. The van der Waals surface area contributed by atoms with E-state index in [1.165, 1.54) is 25.7 Å². The van der Waals surface area contributed by atoms with Crippen molar-refractivity contribution in [3.8, 4) is 0 Å². The lowest BCUT2D eigenvalue weighted by molar-refractivity contribution is 0.700. The zero-order chi connectivity index (χ0) is 11.5. The molecule has 0 atom stereocenters. The Morgan fingerprint density at radius 3 is 2.75 bits per heavy atom. The van der Waals surface area contributed by atoms with Gasteiger partial charge in [0.05, 0.1) is 17.3 Å². The predicted molar refractivity (Wildman–Crippen MR) is 64.1 cm³/mol. The Morgan fingerprint density at radius 1 is 1.56 bits per heavy atom. The molecule has 0 radical (unpaired) electrons. The number of nitrogens with two attached hydrogens (primary N) is 1. The van der Waals surface area contributed by atoms with Crippen LogP contribution in [0.5, 0.6) is 0 Å². The first-order valence-electron chi connectivity index (χ1n) is 5.75. The average Bonchev–Trinajstić information content (AvgIpc) is 2.85. The number of hydrazine groups is 1. The van der Waals surface area contributed by atoms with Crippen molar-refractivity contribution in [2.75, 3.05) is 0 Å². The number of aliphatic imine (C=N–C) groups is 1. The van der Waals surface area contributed by atoms with Crippen LogP contribution in [0.4, 0.5) is 0 Å². The molecule has 0 bridgehead atoms. The molecular formula is C11H19N5. The van der Waals surface area contributed by atoms with Gasteiger partial charge in [-0.05, 0) is 19.8 Å². The number of hydrogen-bond donors (Lipinski definition) is 2. The van der Waals surface area contributed by atoms with Gasteiger partial charge in [0.15, 0.2) is 0 Å². The highest BCUT2D eigenvalue weighted by Crippen LogP contribution is 2.21. The van der Waals surface area contributed by atoms with Crippen LogP contribution in [0.1, 0.15) is 36.9 Å². The van der Waals surface area contributed by atoms with Crippen molar-refractivity contribution in [2.45, 2.75) is 38.6 Å². The van der Waals surface area contributed by atoms with Gasteiger partial charge in [-0.3, -0.25) is 9.67 Å². The van der Waals surface area contributed by atoms with Gasteiger partial charge in [0.25, 0.3) is 0 Å². The zero-order valence-corrected chi connectivity index (χ0v) is 9.90. The molecule has 1 fully saturated rings. The maximum Gasteiger partial charge on any atom is 0.146 e. The quantitative estimate of drug-likeness (QED) is 0.337. The summed E-state index contributed by atoms with van der Waals surface area (Å²) in [6.45, 7) is 1.97. The molecule has 1 saturated carbocycles. The first-order valence-corrected chi connectivity index (χ1v) is 5.75. The third-order valence-corrected chi connectivity index (χ3v) is 3.04. The molecule has 2 rings (SSSR count). The van der Waals surface area contributed by atoms with Crippen molar-refractivity contribution >= 4 is 5.84 Å². The van der Waals surface area contributed by atoms with Crippen LogP contribution in [-0.2, 0) is 7.05 Å². The smallest absolute Gasteiger partial charge is 0.146 e. The summed E-state index contributed by atoms with van der Waals surface area (Å²) in [5, 5.41) is 4.29. The second-order valence-electron chi connectivity index (χ2n) is 4.36. The van der Waals surface area contributed by atoms with E-state index >= 15 is 0 Å². The lowest BCUT2D eigenvalue weighted by atomic mass is 10.2. The summed E-state index contributed by atoms with van der Waals surface area (Å²) in [5.41, 5.74) is 4.65. The van der Waals surface area contributed by atoms with Crippen LogP contribution < -0.4 is 11.3 Å². The molecule has 1 aromatic heterocycles. The van der Waals surface area contributed by atoms with E-state index in [1.807, 2.05) is 20.2 Å². The number of rotatable bonds is 2. The summed E-state index contributed by atoms with van der Waals surface area (Å²) in [6.07, 6.45) is 6.84. The molecule has 0 spiro atoms. The van der Waals surface area contributed by atoms with Crippen molar-refractivity contribution in [1.82, 2.24) is 15.2 Å². The van der Waals surface area contributed by atoms with E-state index in [1.54, 1.807) is 4.68 Å². The number of nitrogens with one attached hydrogen (secondary N) is 1. The van der Waals surface area contributed by atoms with Gasteiger partial charge in [-0.1, -0.05) is 12.8 Å². The van der Waals surface area contributed by atoms with Crippen molar-refractivity contribution in [3.63, 3.8) is 0 Å². The number of nitrogens with zero attached hydrogens (tertiary/aromatic N) is 3. The molecule has 1 heterocycles. The number of aryl methyl sites for hydroxylation is 2. The summed E-state index contributed by atoms with van der Waals surface area (Å²) in [7, 11) is 1.90. The van der Waals surface area contributed by atoms with E-state index in [-0.39, 0.29) is 0 Å². The molecule has 0 amide bonds. The van der Waals surface area contributed by atoms with E-state index in [0.29, 0.717) is 6.04 Å². The first kappa shape index (κ1) is 11.1. The van der Waals surface area contributed by atoms with Gasteiger partial charge >= 0.3 is 0 Å². The highest BCUT2D eigenvalue weighted by molar-refractivity contribution is 5.99. The number of hydrogen-bond acceptors (Lipinski definition) is 3. The summed E-state index contributed by atoms with van der Waals surface area (Å²) < 4.78 is 1.78. The van der Waals surface area contributed by atoms with Gasteiger partial charge in [-0.2, -0.15) is 5.10 Å².